The molecule has 0 heterocycles. The first-order chi connectivity index (χ1) is 9.97. The van der Waals surface area contributed by atoms with Crippen LogP contribution in [0.3, 0.4) is 0 Å². The zero-order valence-electron chi connectivity index (χ0n) is 11.5. The molecule has 0 spiro atoms. The van der Waals surface area contributed by atoms with E-state index in [1.165, 1.54) is 24.9 Å². The number of anilines is 1. The van der Waals surface area contributed by atoms with Gasteiger partial charge in [-0.2, -0.15) is 0 Å². The number of ether oxygens (including phenoxy) is 1. The molecule has 0 atom stereocenters. The fourth-order valence-corrected chi connectivity index (χ4v) is 3.67. The molecule has 112 valence electrons. The molecule has 7 heteroatoms. The van der Waals surface area contributed by atoms with Crippen molar-refractivity contribution in [2.75, 3.05) is 18.1 Å². The number of hydrogen-bond donors (Lipinski definition) is 1. The monoisotopic (exact) mass is 327 g/mol. The number of halogens is 1. The van der Waals surface area contributed by atoms with Gasteiger partial charge in [0.2, 0.25) is 0 Å². The molecule has 0 amide bonds. The summed E-state index contributed by atoms with van der Waals surface area (Å²) >= 11 is 1.41. The van der Waals surface area contributed by atoms with Crippen LogP contribution in [0.4, 0.5) is 10.1 Å². The SMILES string of the molecule is COc1ccc(F)cc1S(=O)(=O)Nc1ccccc1SC. The summed E-state index contributed by atoms with van der Waals surface area (Å²) in [6.07, 6.45) is 1.84. The predicted molar refractivity (Wildman–Crippen MR) is 82.0 cm³/mol. The molecule has 0 saturated carbocycles. The molecule has 0 fully saturated rings. The van der Waals surface area contributed by atoms with Crippen molar-refractivity contribution in [3.63, 3.8) is 0 Å². The van der Waals surface area contributed by atoms with Crippen LogP contribution < -0.4 is 9.46 Å². The van der Waals surface area contributed by atoms with Crippen LogP contribution >= 0.6 is 11.8 Å². The molecule has 0 aliphatic rings. The molecule has 1 N–H and O–H groups in total. The molecule has 0 aliphatic heterocycles. The molecule has 21 heavy (non-hydrogen) atoms. The lowest BCUT2D eigenvalue weighted by molar-refractivity contribution is 0.401. The van der Waals surface area contributed by atoms with E-state index in [1.54, 1.807) is 18.2 Å². The second-order valence-electron chi connectivity index (χ2n) is 4.10. The minimum atomic E-state index is -3.94. The van der Waals surface area contributed by atoms with Gasteiger partial charge in [-0.25, -0.2) is 12.8 Å². The highest BCUT2D eigenvalue weighted by molar-refractivity contribution is 7.99. The average Bonchev–Trinajstić information content (AvgIpc) is 2.47. The lowest BCUT2D eigenvalue weighted by Crippen LogP contribution is -2.15. The maximum absolute atomic E-state index is 13.3. The Morgan fingerprint density at radius 3 is 2.57 bits per heavy atom. The molecular formula is C14H14FNO3S2. The number of benzene rings is 2. The van der Waals surface area contributed by atoms with Crippen molar-refractivity contribution < 1.29 is 17.5 Å². The summed E-state index contributed by atoms with van der Waals surface area (Å²) in [5.74, 6) is -0.556. The Hall–Kier alpha value is -1.73. The molecule has 0 saturated heterocycles. The van der Waals surface area contributed by atoms with Crippen molar-refractivity contribution in [2.45, 2.75) is 9.79 Å². The molecule has 4 nitrogen and oxygen atoms in total. The molecule has 0 aliphatic carbocycles. The fourth-order valence-electron chi connectivity index (χ4n) is 1.79. The third-order valence-electron chi connectivity index (χ3n) is 2.77. The summed E-state index contributed by atoms with van der Waals surface area (Å²) in [6.45, 7) is 0. The van der Waals surface area contributed by atoms with E-state index in [0.29, 0.717) is 5.69 Å². The van der Waals surface area contributed by atoms with E-state index >= 15 is 0 Å². The normalized spacial score (nSPS) is 11.2. The number of rotatable bonds is 5. The van der Waals surface area contributed by atoms with Gasteiger partial charge in [0.05, 0.1) is 12.8 Å². The van der Waals surface area contributed by atoms with Crippen LogP contribution in [-0.4, -0.2) is 21.8 Å². The van der Waals surface area contributed by atoms with Gasteiger partial charge in [0.1, 0.15) is 16.5 Å². The number of hydrogen-bond acceptors (Lipinski definition) is 4. The van der Waals surface area contributed by atoms with E-state index in [2.05, 4.69) is 4.72 Å². The molecule has 2 rings (SSSR count). The first-order valence-electron chi connectivity index (χ1n) is 5.97. The van der Waals surface area contributed by atoms with E-state index in [1.807, 2.05) is 12.3 Å². The molecular weight excluding hydrogens is 313 g/mol. The van der Waals surface area contributed by atoms with Gasteiger partial charge in [0.25, 0.3) is 10.0 Å². The number of methoxy groups -OCH3 is 1. The largest absolute Gasteiger partial charge is 0.495 e. The maximum atomic E-state index is 13.3. The van der Waals surface area contributed by atoms with Crippen LogP contribution in [0, 0.1) is 5.82 Å². The van der Waals surface area contributed by atoms with E-state index in [-0.39, 0.29) is 10.6 Å². The minimum Gasteiger partial charge on any atom is -0.495 e. The highest BCUT2D eigenvalue weighted by Crippen LogP contribution is 2.30. The van der Waals surface area contributed by atoms with Gasteiger partial charge in [0, 0.05) is 4.90 Å². The fraction of sp³-hybridized carbons (Fsp3) is 0.143. The van der Waals surface area contributed by atoms with Gasteiger partial charge < -0.3 is 4.74 Å². The number of sulfonamides is 1. The second kappa shape index (κ2) is 6.36. The average molecular weight is 327 g/mol. The Balaban J connectivity index is 2.46. The van der Waals surface area contributed by atoms with Crippen LogP contribution in [0.25, 0.3) is 0 Å². The first kappa shape index (κ1) is 15.7. The minimum absolute atomic E-state index is 0.0885. The van der Waals surface area contributed by atoms with Crippen molar-refractivity contribution >= 4 is 27.5 Å². The van der Waals surface area contributed by atoms with Crippen molar-refractivity contribution in [1.29, 1.82) is 0 Å². The predicted octanol–water partition coefficient (Wildman–Crippen LogP) is 3.36. The van der Waals surface area contributed by atoms with E-state index in [9.17, 15) is 12.8 Å². The third kappa shape index (κ3) is 3.48. The van der Waals surface area contributed by atoms with Gasteiger partial charge in [-0.05, 0) is 36.6 Å². The number of nitrogens with one attached hydrogen (secondary N) is 1. The van der Waals surface area contributed by atoms with Crippen molar-refractivity contribution in [2.24, 2.45) is 0 Å². The Bertz CT molecular complexity index is 748. The van der Waals surface area contributed by atoms with Crippen LogP contribution in [0.5, 0.6) is 5.75 Å². The van der Waals surface area contributed by atoms with Crippen LogP contribution in [0.1, 0.15) is 0 Å². The standard InChI is InChI=1S/C14H14FNO3S2/c1-19-12-8-7-10(15)9-14(12)21(17,18)16-11-5-3-4-6-13(11)20-2/h3-9,16H,1-2H3. The highest BCUT2D eigenvalue weighted by Gasteiger charge is 2.21. The third-order valence-corrected chi connectivity index (χ3v) is 4.95. The molecule has 2 aromatic rings. The Morgan fingerprint density at radius 2 is 1.90 bits per heavy atom. The maximum Gasteiger partial charge on any atom is 0.265 e. The van der Waals surface area contributed by atoms with Crippen molar-refractivity contribution in [1.82, 2.24) is 0 Å². The van der Waals surface area contributed by atoms with Crippen molar-refractivity contribution in [3.05, 3.63) is 48.3 Å². The summed E-state index contributed by atoms with van der Waals surface area (Å²) in [7, 11) is -2.60. The van der Waals surface area contributed by atoms with Gasteiger partial charge >= 0.3 is 0 Å². The van der Waals surface area contributed by atoms with Gasteiger partial charge in [-0.3, -0.25) is 4.72 Å². The van der Waals surface area contributed by atoms with Crippen LogP contribution in [0.15, 0.2) is 52.3 Å². The number of para-hydroxylation sites is 1. The van der Waals surface area contributed by atoms with Crippen LogP contribution in [0.2, 0.25) is 0 Å². The highest BCUT2D eigenvalue weighted by atomic mass is 32.2. The molecule has 0 bridgehead atoms. The van der Waals surface area contributed by atoms with Gasteiger partial charge in [-0.1, -0.05) is 12.1 Å². The van der Waals surface area contributed by atoms with E-state index in [0.717, 1.165) is 17.0 Å². The van der Waals surface area contributed by atoms with Crippen molar-refractivity contribution in [3.8, 4) is 5.75 Å². The summed E-state index contributed by atoms with van der Waals surface area (Å²) in [5, 5.41) is 0. The molecule has 2 aromatic carbocycles. The smallest absolute Gasteiger partial charge is 0.265 e. The zero-order chi connectivity index (χ0) is 15.5. The molecule has 0 aromatic heterocycles. The van der Waals surface area contributed by atoms with E-state index < -0.39 is 15.8 Å². The van der Waals surface area contributed by atoms with Gasteiger partial charge in [0.15, 0.2) is 0 Å². The van der Waals surface area contributed by atoms with Gasteiger partial charge in [-0.15, -0.1) is 11.8 Å². The Labute approximate surface area is 127 Å². The first-order valence-corrected chi connectivity index (χ1v) is 8.68. The summed E-state index contributed by atoms with van der Waals surface area (Å²) < 4.78 is 45.7. The van der Waals surface area contributed by atoms with E-state index in [4.69, 9.17) is 4.74 Å². The molecule has 0 unspecified atom stereocenters. The molecule has 0 radical (unpaired) electrons. The summed E-state index contributed by atoms with van der Waals surface area (Å²) in [5.41, 5.74) is 0.441. The second-order valence-corrected chi connectivity index (χ2v) is 6.60. The summed E-state index contributed by atoms with van der Waals surface area (Å²) in [4.78, 5) is 0.539. The topological polar surface area (TPSA) is 55.4 Å². The lowest BCUT2D eigenvalue weighted by Gasteiger charge is -2.13. The number of thioether (sulfide) groups is 1. The zero-order valence-corrected chi connectivity index (χ0v) is 13.1. The Morgan fingerprint density at radius 1 is 1.19 bits per heavy atom. The summed E-state index contributed by atoms with van der Waals surface area (Å²) in [6, 6.07) is 10.3. The van der Waals surface area contributed by atoms with Crippen LogP contribution in [-0.2, 0) is 10.0 Å². The lowest BCUT2D eigenvalue weighted by atomic mass is 10.3. The quantitative estimate of drug-likeness (QED) is 0.856. The Kier molecular flexibility index (Phi) is 4.74.